The van der Waals surface area contributed by atoms with Gasteiger partial charge in [0.25, 0.3) is 31.4 Å². The van der Waals surface area contributed by atoms with Gasteiger partial charge < -0.3 is 29.2 Å². The number of ether oxygens (including phenoxy) is 4. The van der Waals surface area contributed by atoms with Gasteiger partial charge in [0.1, 0.15) is 34.2 Å². The van der Waals surface area contributed by atoms with Gasteiger partial charge in [-0.1, -0.05) is 85.0 Å². The van der Waals surface area contributed by atoms with E-state index in [0.29, 0.717) is 93.5 Å². The summed E-state index contributed by atoms with van der Waals surface area (Å²) < 4.78 is 81.9. The number of benzene rings is 6. The molecule has 0 fully saturated rings. The quantitative estimate of drug-likeness (QED) is 0.0183. The van der Waals surface area contributed by atoms with Crippen molar-refractivity contribution < 1.29 is 55.8 Å². The first-order valence-electron chi connectivity index (χ1n) is 33.7. The Hall–Kier alpha value is -9.30. The van der Waals surface area contributed by atoms with Crippen molar-refractivity contribution in [3.05, 3.63) is 258 Å². The van der Waals surface area contributed by atoms with E-state index in [4.69, 9.17) is 18.9 Å². The van der Waals surface area contributed by atoms with Crippen LogP contribution in [-0.2, 0) is 109 Å². The van der Waals surface area contributed by atoms with Gasteiger partial charge in [0.15, 0.2) is 10.1 Å². The number of aromatic nitrogens is 4. The summed E-state index contributed by atoms with van der Waals surface area (Å²) in [5.41, 5.74) is 7.99. The summed E-state index contributed by atoms with van der Waals surface area (Å²) in [6.45, 7) is 9.23. The molecule has 0 spiro atoms. The molecule has 2 atom stereocenters. The molecule has 12 rings (SSSR count). The lowest BCUT2D eigenvalue weighted by Gasteiger charge is -2.23. The molecule has 0 radical (unpaired) electrons. The fraction of sp³-hybridized carbons (Fsp3) is 0.368. The van der Waals surface area contributed by atoms with Gasteiger partial charge in [-0.3, -0.25) is 29.6 Å². The third-order valence-electron chi connectivity index (χ3n) is 19.0. The summed E-state index contributed by atoms with van der Waals surface area (Å²) in [6.07, 6.45) is 22.0. The Morgan fingerprint density at radius 2 is 0.860 bits per heavy atom. The summed E-state index contributed by atoms with van der Waals surface area (Å²) in [7, 11) is -1.41. The Labute approximate surface area is 585 Å². The molecule has 0 bridgehead atoms. The summed E-state index contributed by atoms with van der Waals surface area (Å²) in [6, 6.07) is 36.6. The molecule has 2 aromatic heterocycles. The number of aliphatic hydroxyl groups is 2. The van der Waals surface area contributed by atoms with Crippen molar-refractivity contribution >= 4 is 31.4 Å². The van der Waals surface area contributed by atoms with Crippen LogP contribution in [0.1, 0.15) is 131 Å². The van der Waals surface area contributed by atoms with Crippen LogP contribution in [0.2, 0.25) is 0 Å². The molecule has 0 amide bonds. The number of sulfonamides is 2. The number of nitro groups is 2. The molecule has 0 saturated carbocycles. The van der Waals surface area contributed by atoms with Crippen molar-refractivity contribution in [3.8, 4) is 23.0 Å². The number of nitrogens with zero attached hydrogens (tertiary/aromatic N) is 8. The summed E-state index contributed by atoms with van der Waals surface area (Å²) in [4.78, 5) is 23.0. The topological polar surface area (TPSA) is 274 Å². The highest BCUT2D eigenvalue weighted by Crippen LogP contribution is 2.50. The summed E-state index contributed by atoms with van der Waals surface area (Å²) in [5, 5.41) is 54.6. The van der Waals surface area contributed by atoms with Gasteiger partial charge >= 0.3 is 0 Å². The lowest BCUT2D eigenvalue weighted by atomic mass is 9.88. The van der Waals surface area contributed by atoms with Gasteiger partial charge in [-0.15, -0.1) is 13.2 Å². The number of methoxy groups -OCH3 is 4. The van der Waals surface area contributed by atoms with Gasteiger partial charge in [-0.25, -0.2) is 16.8 Å². The maximum absolute atomic E-state index is 13.9. The lowest BCUT2D eigenvalue weighted by molar-refractivity contribution is -0.387. The van der Waals surface area contributed by atoms with E-state index in [1.54, 1.807) is 86.6 Å². The maximum Gasteiger partial charge on any atom is 0.279 e. The lowest BCUT2D eigenvalue weighted by Crippen LogP contribution is -2.30. The molecule has 0 saturated heterocycles. The van der Waals surface area contributed by atoms with E-state index in [9.17, 15) is 47.3 Å². The third kappa shape index (κ3) is 17.1. The second-order valence-corrected chi connectivity index (χ2v) is 29.4. The van der Waals surface area contributed by atoms with Crippen molar-refractivity contribution in [2.24, 2.45) is 0 Å². The number of fused-ring (bicyclic) bond motifs is 4. The van der Waals surface area contributed by atoms with Crippen molar-refractivity contribution in [1.29, 1.82) is 0 Å². The van der Waals surface area contributed by atoms with E-state index in [1.165, 1.54) is 14.7 Å². The van der Waals surface area contributed by atoms with Crippen LogP contribution >= 0.6 is 0 Å². The minimum absolute atomic E-state index is 0.0275. The number of unbranched alkanes of at least 4 members (excludes halogenated alkanes) is 2. The number of hydrogen-bond donors (Lipinski definition) is 2. The van der Waals surface area contributed by atoms with Crippen molar-refractivity contribution in [3.63, 3.8) is 0 Å². The van der Waals surface area contributed by atoms with Crippen molar-refractivity contribution in [1.82, 2.24) is 28.2 Å². The molecule has 2 N–H and O–H groups in total. The second kappa shape index (κ2) is 32.8. The fourth-order valence-corrected chi connectivity index (χ4v) is 16.5. The van der Waals surface area contributed by atoms with Crippen LogP contribution in [0.5, 0.6) is 23.0 Å². The van der Waals surface area contributed by atoms with E-state index in [0.717, 1.165) is 112 Å². The first-order chi connectivity index (χ1) is 48.1. The van der Waals surface area contributed by atoms with Gasteiger partial charge in [0, 0.05) is 62.8 Å². The number of allylic oxidation sites excluding steroid dienone is 2. The monoisotopic (exact) mass is 1400 g/mol. The number of hydrogen-bond acceptors (Lipinski definition) is 16. The highest BCUT2D eigenvalue weighted by molar-refractivity contribution is 7.89. The van der Waals surface area contributed by atoms with Gasteiger partial charge in [0.05, 0.1) is 49.4 Å². The van der Waals surface area contributed by atoms with E-state index in [-0.39, 0.29) is 57.5 Å². The second-order valence-electron chi connectivity index (χ2n) is 25.6. The zero-order valence-electron chi connectivity index (χ0n) is 57.2. The Balaban J connectivity index is 0.000000180. The molecule has 8 aromatic rings. The number of nitro benzene ring substituents is 2. The third-order valence-corrected chi connectivity index (χ3v) is 22.4. The number of rotatable bonds is 30. The molecule has 22 nitrogen and oxygen atoms in total. The predicted molar refractivity (Wildman–Crippen MR) is 381 cm³/mol. The van der Waals surface area contributed by atoms with E-state index < -0.39 is 31.2 Å². The van der Waals surface area contributed by atoms with Crippen LogP contribution in [0.15, 0.2) is 181 Å². The normalized spacial score (nSPS) is 16.6. The smallest absolute Gasteiger partial charge is 0.279 e. The van der Waals surface area contributed by atoms with E-state index in [2.05, 4.69) is 35.5 Å². The molecule has 4 aliphatic rings. The van der Waals surface area contributed by atoms with E-state index in [1.807, 2.05) is 91.0 Å². The number of aryl methyl sites for hydroxylation is 6. The molecule has 0 aliphatic heterocycles. The van der Waals surface area contributed by atoms with Crippen LogP contribution in [0, 0.1) is 20.2 Å². The van der Waals surface area contributed by atoms with Crippen LogP contribution in [0.25, 0.3) is 0 Å². The summed E-state index contributed by atoms with van der Waals surface area (Å²) >= 11 is 0. The average Bonchev–Trinajstić information content (AvgIpc) is 1.58. The first-order valence-corrected chi connectivity index (χ1v) is 36.6. The predicted octanol–water partition coefficient (Wildman–Crippen LogP) is 13.3. The van der Waals surface area contributed by atoms with E-state index >= 15 is 0 Å². The Bertz CT molecular complexity index is 4360. The van der Waals surface area contributed by atoms with Crippen LogP contribution in [0.3, 0.4) is 0 Å². The molecule has 2 heterocycles. The molecule has 24 heteroatoms. The van der Waals surface area contributed by atoms with Gasteiger partial charge in [-0.2, -0.15) is 18.8 Å². The van der Waals surface area contributed by atoms with Crippen molar-refractivity contribution in [2.75, 3.05) is 28.4 Å². The molecular formula is C76H88N8O14S2. The molecular weight excluding hydrogens is 1310 g/mol. The molecule has 528 valence electrons. The minimum atomic E-state index is -3.95. The van der Waals surface area contributed by atoms with Gasteiger partial charge in [-0.05, 0) is 208 Å². The summed E-state index contributed by atoms with van der Waals surface area (Å²) in [5.74, 6) is 2.81. The van der Waals surface area contributed by atoms with Crippen LogP contribution in [-0.4, -0.2) is 93.5 Å². The highest BCUT2D eigenvalue weighted by atomic mass is 32.2. The maximum atomic E-state index is 13.9. The Morgan fingerprint density at radius 1 is 0.500 bits per heavy atom. The minimum Gasteiger partial charge on any atom is -0.497 e. The van der Waals surface area contributed by atoms with Crippen molar-refractivity contribution in [2.45, 2.75) is 163 Å². The SMILES string of the molecule is C=CCC1(O)CCc2cc3c(c([N+](=O)[O-])c21)CCC3.C=CCCCn1ccc(S(=O)(=O)N(Cc2ccc(OC)cc2)Cc2ccc(OC)cc2)n1.COc1ccc(CN(Cc2ccc(OC)cc2)S(=O)(=O)c2ccn(CCC/C=C/CC3(O)CCc4cc5c(c([N+](=O)[O-])c43)CCC5)n2)cc1. The first kappa shape index (κ1) is 73.4. The largest absolute Gasteiger partial charge is 0.497 e. The zero-order valence-corrected chi connectivity index (χ0v) is 58.8. The molecule has 4 aliphatic carbocycles. The highest BCUT2D eigenvalue weighted by Gasteiger charge is 2.46. The van der Waals surface area contributed by atoms with Crippen LogP contribution < -0.4 is 18.9 Å². The zero-order chi connectivity index (χ0) is 71.2. The Kier molecular flexibility index (Phi) is 24.1. The molecule has 100 heavy (non-hydrogen) atoms. The molecule has 2 unspecified atom stereocenters. The average molecular weight is 1400 g/mol. The van der Waals surface area contributed by atoms with Crippen LogP contribution in [0.4, 0.5) is 11.4 Å². The molecule has 6 aromatic carbocycles. The fourth-order valence-electron chi connectivity index (χ4n) is 13.8. The van der Waals surface area contributed by atoms with Gasteiger partial charge in [0.2, 0.25) is 0 Å². The standard InChI is InChI=1S/C37H42N4O7S.C24H29N3O4S.C15H17NO3/c1-47-31-14-10-27(11-15-31)25-40(26-28-12-16-32(48-2)17-13-28)49(45,46)34-19-23-39(38-34)22-6-4-3-5-20-37(42)21-18-30-24-29-8-7-9-33(29)36(35(30)37)41(43)44;1-4-5-6-16-26-17-15-24(25-26)32(28,29)27(18-20-7-11-22(30-2)12-8-20)19-21-9-13-23(31-3)14-10-21;1-2-7-15(17)8-6-11-9-10-4-3-5-12(10)14(13(11)15)16(18)19/h3,5,10-17,19,23-24,42H,4,6-9,18,20-22,25-26H2,1-2H3;4,7-15,17H,1,5-6,16,18-19H2,2-3H3;2,9,17H,1,3-8H2/b5-3+;;. The Morgan fingerprint density at radius 3 is 1.20 bits per heavy atom.